The number of aromatic nitrogens is 3. The highest BCUT2D eigenvalue weighted by atomic mass is 19.1. The van der Waals surface area contributed by atoms with Gasteiger partial charge in [-0.15, -0.1) is 0 Å². The maximum atomic E-state index is 13.2. The summed E-state index contributed by atoms with van der Waals surface area (Å²) < 4.78 is 69.6. The van der Waals surface area contributed by atoms with Gasteiger partial charge >= 0.3 is 0 Å². The quantitative estimate of drug-likeness (QED) is 0.132. The Morgan fingerprint density at radius 1 is 0.379 bits per heavy atom. The Hall–Kier alpha value is -8.82. The van der Waals surface area contributed by atoms with Gasteiger partial charge in [0, 0.05) is 107 Å². The summed E-state index contributed by atoms with van der Waals surface area (Å²) in [6.45, 7) is 18.1. The summed E-state index contributed by atoms with van der Waals surface area (Å²) in [4.78, 5) is 17.0. The lowest BCUT2D eigenvalue weighted by molar-refractivity contribution is -0.123. The van der Waals surface area contributed by atoms with Crippen LogP contribution in [0.1, 0.15) is 126 Å². The number of hydrogen-bond acceptors (Lipinski definition) is 10. The van der Waals surface area contributed by atoms with Gasteiger partial charge in [0.2, 0.25) is 0 Å². The molecule has 95 heavy (non-hydrogen) atoms. The normalized spacial score (nSPS) is 24.3. The number of hydrogen-bond donors (Lipinski definition) is 0. The van der Waals surface area contributed by atoms with E-state index in [4.69, 9.17) is 23.7 Å². The van der Waals surface area contributed by atoms with Crippen molar-refractivity contribution in [3.63, 3.8) is 0 Å². The van der Waals surface area contributed by atoms with E-state index in [1.165, 1.54) is 58.7 Å². The molecule has 490 valence electrons. The van der Waals surface area contributed by atoms with Crippen LogP contribution < -0.4 is 0 Å². The van der Waals surface area contributed by atoms with E-state index >= 15 is 0 Å². The molecule has 5 fully saturated rings. The van der Waals surface area contributed by atoms with Crippen molar-refractivity contribution in [2.24, 2.45) is 0 Å². The number of rotatable bonds is 10. The average Bonchev–Trinajstić information content (AvgIpc) is 1.13. The zero-order chi connectivity index (χ0) is 66.5. The molecule has 5 aromatic carbocycles. The lowest BCUT2D eigenvalue weighted by atomic mass is 9.80. The number of benzene rings is 5. The highest BCUT2D eigenvalue weighted by Gasteiger charge is 2.45. The van der Waals surface area contributed by atoms with Gasteiger partial charge < -0.3 is 33.5 Å². The molecule has 0 amide bonds. The van der Waals surface area contributed by atoms with Crippen LogP contribution in [0.15, 0.2) is 261 Å². The van der Waals surface area contributed by atoms with Gasteiger partial charge in [0.05, 0.1) is 12.3 Å². The van der Waals surface area contributed by atoms with Crippen LogP contribution in [0.4, 0.5) is 13.2 Å². The van der Waals surface area contributed by atoms with Crippen molar-refractivity contribution in [3.8, 4) is 0 Å². The molecule has 7 aliphatic rings. The molecule has 5 unspecified atom stereocenters. The smallest absolute Gasteiger partial charge is 0.135 e. The Kier molecular flexibility index (Phi) is 21.5. The zero-order valence-corrected chi connectivity index (χ0v) is 55.3. The molecule has 3 aromatic heterocycles. The Bertz CT molecular complexity index is 3720. The summed E-state index contributed by atoms with van der Waals surface area (Å²) >= 11 is 0. The molecule has 5 atom stereocenters. The van der Waals surface area contributed by atoms with Gasteiger partial charge in [0.15, 0.2) is 0 Å². The van der Waals surface area contributed by atoms with Crippen molar-refractivity contribution < 1.29 is 36.9 Å². The number of aryl methyl sites for hydroxylation is 3. The van der Waals surface area contributed by atoms with Crippen molar-refractivity contribution in [2.75, 3.05) is 47.1 Å². The van der Waals surface area contributed by atoms with Crippen LogP contribution >= 0.6 is 0 Å². The first-order valence-electron chi connectivity index (χ1n) is 33.1. The second kappa shape index (κ2) is 30.3. The summed E-state index contributed by atoms with van der Waals surface area (Å²) in [5, 5.41) is 0. The Morgan fingerprint density at radius 2 is 0.758 bits per heavy atom. The molecule has 13 heteroatoms. The molecule has 15 rings (SSSR count). The lowest BCUT2D eigenvalue weighted by Crippen LogP contribution is -2.41. The first kappa shape index (κ1) is 67.6. The number of allylic oxidation sites excluding steroid dienone is 2. The van der Waals surface area contributed by atoms with Gasteiger partial charge in [0.25, 0.3) is 0 Å². The van der Waals surface area contributed by atoms with E-state index < -0.39 is 16.8 Å². The van der Waals surface area contributed by atoms with E-state index in [9.17, 15) is 13.2 Å². The fraction of sp³-hybridized carbons (Fsp3) is 0.305. The molecule has 8 aromatic rings. The third kappa shape index (κ3) is 15.0. The Balaban J connectivity index is 0.000000121. The van der Waals surface area contributed by atoms with Crippen molar-refractivity contribution in [2.45, 2.75) is 113 Å². The van der Waals surface area contributed by atoms with Crippen molar-refractivity contribution in [1.82, 2.24) is 24.8 Å². The summed E-state index contributed by atoms with van der Waals surface area (Å²) in [6, 6.07) is 50.9. The Morgan fingerprint density at radius 3 is 1.14 bits per heavy atom. The second-order valence-corrected chi connectivity index (χ2v) is 25.3. The standard InChI is InChI=1S/C18H19FO.C16H16FNO.C16H15FO.2C16H18N2O/c1-14-4-6-15(7-5-14)18(12-2-3-13-20-18)16-8-10-17(19)11-9-16;1-12-3-4-14(11-18-12)16(9-2-10-19-16)13-5-7-15(17)8-6-13;1-12-2-4-13(5-3-12)16(10-11-18-16)14-6-8-15(17)9-7-14;1-13-12-15(6-10-18(13)2)16(7-3-11-19-16)14-4-8-17-9-5-14;1-13-12-14(7-10-18(13)2)16(8-5-11-19-16)15-6-3-4-9-17-15/h4-11H,2-3,12-13H2,1H3;3-8,11H,2,9-10H2,1H3;2-9H,10-11H2,1H3;4-6,8-10,12H,1,3,7,11H2,2H3;3-4,6-7,9-10,12H,1,5,8,11H2,2H3. The van der Waals surface area contributed by atoms with Crippen molar-refractivity contribution >= 4 is 0 Å². The van der Waals surface area contributed by atoms with E-state index in [1.54, 1.807) is 12.1 Å². The molecular weight excluding hydrogens is 1190 g/mol. The number of likely N-dealkylation sites (N-methyl/N-ethyl adjacent to an activating group) is 2. The molecule has 0 spiro atoms. The summed E-state index contributed by atoms with van der Waals surface area (Å²) in [7, 11) is 4.00. The second-order valence-electron chi connectivity index (χ2n) is 25.3. The molecule has 7 aliphatic heterocycles. The summed E-state index contributed by atoms with van der Waals surface area (Å²) in [5.41, 5.74) is 14.3. The maximum absolute atomic E-state index is 13.2. The van der Waals surface area contributed by atoms with Gasteiger partial charge in [0.1, 0.15) is 45.5 Å². The maximum Gasteiger partial charge on any atom is 0.135 e. The van der Waals surface area contributed by atoms with E-state index in [1.807, 2.05) is 129 Å². The molecule has 10 nitrogen and oxygen atoms in total. The largest absolute Gasteiger partial charge is 0.366 e. The van der Waals surface area contributed by atoms with Gasteiger partial charge in [-0.25, -0.2) is 13.2 Å². The van der Waals surface area contributed by atoms with Crippen LogP contribution in [0, 0.1) is 38.2 Å². The van der Waals surface area contributed by atoms with Crippen molar-refractivity contribution in [3.05, 3.63) is 340 Å². The predicted octanol–water partition coefficient (Wildman–Crippen LogP) is 17.9. The van der Waals surface area contributed by atoms with Crippen LogP contribution in [-0.2, 0) is 51.7 Å². The van der Waals surface area contributed by atoms with Gasteiger partial charge in [-0.1, -0.05) is 121 Å². The molecule has 0 saturated carbocycles. The zero-order valence-electron chi connectivity index (χ0n) is 55.3. The van der Waals surface area contributed by atoms with E-state index in [2.05, 4.69) is 121 Å². The third-order valence-electron chi connectivity index (χ3n) is 19.1. The van der Waals surface area contributed by atoms with Gasteiger partial charge in [-0.05, 0) is 214 Å². The summed E-state index contributed by atoms with van der Waals surface area (Å²) in [6.07, 6.45) is 30.0. The highest BCUT2D eigenvalue weighted by molar-refractivity contribution is 5.47. The minimum Gasteiger partial charge on any atom is -0.366 e. The van der Waals surface area contributed by atoms with Gasteiger partial charge in [-0.2, -0.15) is 0 Å². The SMILES string of the molecule is C=C1C=C(C2(c3ccccn3)CCCO2)C=CN1C.C=C1C=C(C2(c3ccncc3)CCCO2)C=CN1C.Cc1ccc(C2(c3ccc(F)cc3)CCCCO2)cc1.Cc1ccc(C2(c3ccc(F)cc3)CCCO2)cn1.Cc1ccc(C2(c3ccc(F)cc3)CCO2)cc1. The minimum absolute atomic E-state index is 0.205. The minimum atomic E-state index is -0.464. The lowest BCUT2D eigenvalue weighted by Gasteiger charge is -2.43. The first-order chi connectivity index (χ1) is 46.1. The van der Waals surface area contributed by atoms with Crippen molar-refractivity contribution in [1.29, 1.82) is 0 Å². The number of pyridine rings is 3. The Labute approximate surface area is 558 Å². The van der Waals surface area contributed by atoms with E-state index in [0.717, 1.165) is 159 Å². The molecule has 10 heterocycles. The highest BCUT2D eigenvalue weighted by Crippen LogP contribution is 2.48. The average molecular weight is 1280 g/mol. The predicted molar refractivity (Wildman–Crippen MR) is 369 cm³/mol. The van der Waals surface area contributed by atoms with E-state index in [-0.39, 0.29) is 28.7 Å². The van der Waals surface area contributed by atoms with E-state index in [0.29, 0.717) is 0 Å². The fourth-order valence-electron chi connectivity index (χ4n) is 13.6. The summed E-state index contributed by atoms with van der Waals surface area (Å²) in [5.74, 6) is -0.639. The van der Waals surface area contributed by atoms with Gasteiger partial charge in [-0.3, -0.25) is 15.0 Å². The molecule has 5 saturated heterocycles. The number of ether oxygens (including phenoxy) is 5. The molecule has 0 bridgehead atoms. The van der Waals surface area contributed by atoms with Crippen LogP contribution in [-0.4, -0.2) is 71.9 Å². The number of nitrogens with zero attached hydrogens (tertiary/aromatic N) is 5. The topological polar surface area (TPSA) is 91.3 Å². The molecule has 0 N–H and O–H groups in total. The monoisotopic (exact) mass is 1280 g/mol. The van der Waals surface area contributed by atoms with Crippen LogP contribution in [0.5, 0.6) is 0 Å². The van der Waals surface area contributed by atoms with Crippen LogP contribution in [0.2, 0.25) is 0 Å². The van der Waals surface area contributed by atoms with Crippen LogP contribution in [0.3, 0.4) is 0 Å². The molecule has 0 aliphatic carbocycles. The molecule has 0 radical (unpaired) electrons. The molecular formula is C82H86F3N5O5. The first-order valence-corrected chi connectivity index (χ1v) is 33.1. The third-order valence-corrected chi connectivity index (χ3v) is 19.1. The van der Waals surface area contributed by atoms with Crippen LogP contribution in [0.25, 0.3) is 0 Å². The fourth-order valence-corrected chi connectivity index (χ4v) is 13.6. The number of halogens is 3.